The van der Waals surface area contributed by atoms with Gasteiger partial charge in [0.05, 0.1) is 36.0 Å². The van der Waals surface area contributed by atoms with Crippen LogP contribution in [0.5, 0.6) is 0 Å². The molecule has 242 valence electrons. The van der Waals surface area contributed by atoms with Crippen LogP contribution in [0.4, 0.5) is 0 Å². The summed E-state index contributed by atoms with van der Waals surface area (Å²) in [6, 6.07) is 31.5. The summed E-state index contributed by atoms with van der Waals surface area (Å²) in [5.41, 5.74) is 7.50. The Labute approximate surface area is 282 Å². The first-order chi connectivity index (χ1) is 23.5. The third-order valence-electron chi connectivity index (χ3n) is 8.31. The van der Waals surface area contributed by atoms with Gasteiger partial charge in [0.15, 0.2) is 11.4 Å². The molecule has 4 aromatic carbocycles. The predicted octanol–water partition coefficient (Wildman–Crippen LogP) is 6.19. The zero-order valence-electron chi connectivity index (χ0n) is 26.3. The third kappa shape index (κ3) is 7.14. The summed E-state index contributed by atoms with van der Waals surface area (Å²) in [5, 5.41) is 21.5. The van der Waals surface area contributed by atoms with Crippen molar-refractivity contribution in [1.82, 2.24) is 30.0 Å². The van der Waals surface area contributed by atoms with E-state index in [4.69, 9.17) is 9.47 Å². The Hall–Kier alpha value is -4.94. The van der Waals surface area contributed by atoms with Crippen molar-refractivity contribution in [2.45, 2.75) is 43.2 Å². The van der Waals surface area contributed by atoms with Crippen molar-refractivity contribution in [2.24, 2.45) is 7.05 Å². The fraction of sp³-hybridized carbons (Fsp3) is 0.216. The second-order valence-corrected chi connectivity index (χ2v) is 12.6. The van der Waals surface area contributed by atoms with E-state index in [9.17, 15) is 9.90 Å². The fourth-order valence-electron chi connectivity index (χ4n) is 5.70. The Balaban J connectivity index is 1.07. The summed E-state index contributed by atoms with van der Waals surface area (Å²) in [4.78, 5) is 21.8. The number of aromatic nitrogens is 5. The van der Waals surface area contributed by atoms with Gasteiger partial charge < -0.3 is 24.5 Å². The lowest BCUT2D eigenvalue weighted by Gasteiger charge is -2.36. The first kappa shape index (κ1) is 31.6. The van der Waals surface area contributed by atoms with Crippen LogP contribution in [0, 0.1) is 0 Å². The molecule has 1 aliphatic heterocycles. The van der Waals surface area contributed by atoms with E-state index >= 15 is 0 Å². The number of carbonyl (C=O) groups excluding carboxylic acids is 1. The van der Waals surface area contributed by atoms with Crippen molar-refractivity contribution in [3.63, 3.8) is 0 Å². The highest BCUT2D eigenvalue weighted by atomic mass is 32.2. The average Bonchev–Trinajstić information content (AvgIpc) is 3.57. The van der Waals surface area contributed by atoms with E-state index in [1.165, 1.54) is 6.20 Å². The zero-order valence-corrected chi connectivity index (χ0v) is 27.1. The minimum Gasteiger partial charge on any atom is -0.392 e. The summed E-state index contributed by atoms with van der Waals surface area (Å²) < 4.78 is 14.9. The molecule has 1 saturated heterocycles. The average molecular weight is 659 g/mol. The molecule has 6 aromatic rings. The van der Waals surface area contributed by atoms with Gasteiger partial charge in [0.1, 0.15) is 12.0 Å². The number of para-hydroxylation sites is 2. The van der Waals surface area contributed by atoms with Gasteiger partial charge in [0.25, 0.3) is 5.91 Å². The minimum atomic E-state index is -0.571. The van der Waals surface area contributed by atoms with Gasteiger partial charge in [-0.1, -0.05) is 96.7 Å². The monoisotopic (exact) mass is 658 g/mol. The fourth-order valence-corrected chi connectivity index (χ4v) is 6.61. The maximum atomic E-state index is 13.0. The number of amides is 1. The maximum absolute atomic E-state index is 13.0. The van der Waals surface area contributed by atoms with E-state index in [1.807, 2.05) is 96.5 Å². The van der Waals surface area contributed by atoms with Crippen LogP contribution in [-0.2, 0) is 29.7 Å². The molecule has 0 aliphatic carbocycles. The number of nitrogens with one attached hydrogen (secondary N) is 1. The molecule has 48 heavy (non-hydrogen) atoms. The van der Waals surface area contributed by atoms with E-state index in [1.54, 1.807) is 18.1 Å². The normalized spacial score (nSPS) is 17.8. The molecule has 2 N–H and O–H groups in total. The van der Waals surface area contributed by atoms with Crippen LogP contribution in [0.1, 0.15) is 51.6 Å². The highest BCUT2D eigenvalue weighted by Crippen LogP contribution is 2.40. The van der Waals surface area contributed by atoms with Crippen molar-refractivity contribution in [2.75, 3.05) is 5.75 Å². The lowest BCUT2D eigenvalue weighted by molar-refractivity contribution is -0.245. The number of hydrogen-bond donors (Lipinski definition) is 2. The molecule has 0 spiro atoms. The lowest BCUT2D eigenvalue weighted by atomic mass is 9.97. The van der Waals surface area contributed by atoms with Crippen LogP contribution < -0.4 is 5.32 Å². The number of hydrogen-bond acceptors (Lipinski definition) is 9. The molecule has 0 saturated carbocycles. The van der Waals surface area contributed by atoms with Gasteiger partial charge in [0, 0.05) is 31.3 Å². The number of ether oxygens (including phenoxy) is 2. The van der Waals surface area contributed by atoms with Crippen molar-refractivity contribution in [3.05, 3.63) is 138 Å². The minimum absolute atomic E-state index is 0.00447. The standard InChI is InChI=1S/C37H34N6O4S/c1-43-23-40-42-37(43)48-22-29-18-34(26-12-10-24(21-44)11-13-26)47-36(46-29)27-16-14-25(15-17-27)30-7-3-2-6-28(30)19-39-35(45)33-20-38-31-8-4-5-9-32(31)41-33/h2-17,20,23,29,34,36,44H,18-19,21-22H2,1H3,(H,39,45)/t29-,34+,36+/m1/s1. The molecule has 1 aliphatic rings. The third-order valence-corrected chi connectivity index (χ3v) is 9.48. The second kappa shape index (κ2) is 14.4. The molecule has 2 aromatic heterocycles. The molecule has 0 unspecified atom stereocenters. The molecular weight excluding hydrogens is 625 g/mol. The number of carbonyl (C=O) groups is 1. The van der Waals surface area contributed by atoms with Gasteiger partial charge in [-0.2, -0.15) is 0 Å². The Kier molecular flexibility index (Phi) is 9.53. The van der Waals surface area contributed by atoms with E-state index < -0.39 is 6.29 Å². The highest BCUT2D eigenvalue weighted by Gasteiger charge is 2.32. The summed E-state index contributed by atoms with van der Waals surface area (Å²) in [7, 11) is 1.93. The van der Waals surface area contributed by atoms with E-state index in [-0.39, 0.29) is 30.4 Å². The van der Waals surface area contributed by atoms with E-state index in [2.05, 4.69) is 37.6 Å². The molecule has 1 amide bonds. The Bertz CT molecular complexity index is 2020. The summed E-state index contributed by atoms with van der Waals surface area (Å²) in [6.45, 7) is 0.331. The quantitative estimate of drug-likeness (QED) is 0.166. The van der Waals surface area contributed by atoms with E-state index in [0.29, 0.717) is 24.2 Å². The highest BCUT2D eigenvalue weighted by molar-refractivity contribution is 7.99. The molecule has 3 heterocycles. The van der Waals surface area contributed by atoms with E-state index in [0.717, 1.165) is 44.1 Å². The maximum Gasteiger partial charge on any atom is 0.271 e. The van der Waals surface area contributed by atoms with Gasteiger partial charge in [0.2, 0.25) is 0 Å². The summed E-state index contributed by atoms with van der Waals surface area (Å²) in [6.07, 6.45) is 3.03. The summed E-state index contributed by atoms with van der Waals surface area (Å²) in [5.74, 6) is 0.414. The smallest absolute Gasteiger partial charge is 0.271 e. The Morgan fingerprint density at radius 3 is 2.46 bits per heavy atom. The molecule has 1 fully saturated rings. The van der Waals surface area contributed by atoms with Crippen LogP contribution in [0.3, 0.4) is 0 Å². The van der Waals surface area contributed by atoms with Gasteiger partial charge in [-0.25, -0.2) is 4.98 Å². The molecule has 11 heteroatoms. The van der Waals surface area contributed by atoms with Crippen molar-refractivity contribution in [3.8, 4) is 11.1 Å². The van der Waals surface area contributed by atoms with Gasteiger partial charge in [-0.05, 0) is 39.9 Å². The molecule has 7 rings (SSSR count). The first-order valence-electron chi connectivity index (χ1n) is 15.7. The SMILES string of the molecule is Cn1cnnc1SC[C@H]1C[C@@H](c2ccc(CO)cc2)O[C@@H](c2ccc(-c3ccccc3CNC(=O)c3cnc4ccccc4n3)cc2)O1. The van der Waals surface area contributed by atoms with Crippen molar-refractivity contribution in [1.29, 1.82) is 0 Å². The summed E-state index contributed by atoms with van der Waals surface area (Å²) >= 11 is 1.61. The largest absolute Gasteiger partial charge is 0.392 e. The van der Waals surface area contributed by atoms with Crippen molar-refractivity contribution >= 4 is 28.7 Å². The van der Waals surface area contributed by atoms with Crippen LogP contribution in [-0.4, -0.2) is 47.6 Å². The molecule has 10 nitrogen and oxygen atoms in total. The van der Waals surface area contributed by atoms with Crippen LogP contribution in [0.2, 0.25) is 0 Å². The van der Waals surface area contributed by atoms with Crippen LogP contribution >= 0.6 is 11.8 Å². The topological polar surface area (TPSA) is 124 Å². The number of nitrogens with zero attached hydrogens (tertiary/aromatic N) is 5. The first-order valence-corrected chi connectivity index (χ1v) is 16.7. The second-order valence-electron chi connectivity index (χ2n) is 11.6. The van der Waals surface area contributed by atoms with Crippen LogP contribution in [0.15, 0.2) is 115 Å². The van der Waals surface area contributed by atoms with Gasteiger partial charge >= 0.3 is 0 Å². The molecule has 0 radical (unpaired) electrons. The number of aliphatic hydroxyl groups is 1. The predicted molar refractivity (Wildman–Crippen MR) is 183 cm³/mol. The van der Waals surface area contributed by atoms with Gasteiger partial charge in [-0.15, -0.1) is 10.2 Å². The Morgan fingerprint density at radius 1 is 0.938 bits per heavy atom. The zero-order chi connectivity index (χ0) is 32.9. The number of benzene rings is 4. The van der Waals surface area contributed by atoms with Gasteiger partial charge in [-0.3, -0.25) is 9.78 Å². The molecule has 3 atom stereocenters. The number of aliphatic hydroxyl groups excluding tert-OH is 1. The number of fused-ring (bicyclic) bond motifs is 1. The Morgan fingerprint density at radius 2 is 1.69 bits per heavy atom. The molecule has 0 bridgehead atoms. The van der Waals surface area contributed by atoms with Crippen LogP contribution in [0.25, 0.3) is 22.2 Å². The number of thioether (sulfide) groups is 1. The molecular formula is C37H34N6O4S. The number of rotatable bonds is 10. The number of aryl methyl sites for hydroxylation is 1. The lowest BCUT2D eigenvalue weighted by Crippen LogP contribution is -2.31. The van der Waals surface area contributed by atoms with Crippen molar-refractivity contribution < 1.29 is 19.4 Å².